The summed E-state index contributed by atoms with van der Waals surface area (Å²) in [6.45, 7) is 2.17. The summed E-state index contributed by atoms with van der Waals surface area (Å²) in [7, 11) is 0. The molecule has 9 heteroatoms. The topological polar surface area (TPSA) is 146 Å². The van der Waals surface area contributed by atoms with Crippen LogP contribution in [0.3, 0.4) is 0 Å². The van der Waals surface area contributed by atoms with Gasteiger partial charge in [0.25, 0.3) is 5.91 Å². The van der Waals surface area contributed by atoms with Gasteiger partial charge in [0.05, 0.1) is 12.9 Å². The normalized spacial score (nSPS) is 28.1. The van der Waals surface area contributed by atoms with Crippen LogP contribution in [0.25, 0.3) is 0 Å². The first-order valence-corrected chi connectivity index (χ1v) is 7.19. The van der Waals surface area contributed by atoms with Crippen molar-refractivity contribution in [1.82, 2.24) is 9.55 Å². The average molecular weight is 314 g/mol. The number of nitrogen functional groups attached to an aromatic ring is 1. The second kappa shape index (κ2) is 7.05. The average Bonchev–Trinajstić information content (AvgIpc) is 3.00. The molecule has 1 saturated heterocycles. The van der Waals surface area contributed by atoms with Gasteiger partial charge in [0, 0.05) is 6.61 Å². The zero-order valence-electron chi connectivity index (χ0n) is 12.4. The maximum Gasteiger partial charge on any atom is 0.271 e. The Labute approximate surface area is 127 Å². The SMILES string of the molecule is CCCCO[C@H]1[C@@H](O)[C@H](n2cnc(C(N)=O)c2N)O[C@@H]1CO. The predicted molar refractivity (Wildman–Crippen MR) is 76.8 cm³/mol. The molecule has 22 heavy (non-hydrogen) atoms. The lowest BCUT2D eigenvalue weighted by atomic mass is 10.1. The van der Waals surface area contributed by atoms with Gasteiger partial charge in [-0.15, -0.1) is 0 Å². The number of amides is 1. The number of aliphatic hydroxyl groups is 2. The van der Waals surface area contributed by atoms with Crippen molar-refractivity contribution in [3.63, 3.8) is 0 Å². The van der Waals surface area contributed by atoms with Crippen LogP contribution in [0.4, 0.5) is 5.82 Å². The van der Waals surface area contributed by atoms with E-state index in [0.29, 0.717) is 6.61 Å². The number of unbranched alkanes of at least 4 members (excludes halogenated alkanes) is 1. The molecule has 1 aromatic rings. The molecule has 0 bridgehead atoms. The largest absolute Gasteiger partial charge is 0.394 e. The van der Waals surface area contributed by atoms with Crippen LogP contribution < -0.4 is 11.5 Å². The molecular weight excluding hydrogens is 292 g/mol. The standard InChI is InChI=1S/C13H22N4O5/c1-2-3-4-21-10-7(5-18)22-13(9(10)19)17-6-16-8(11(17)14)12(15)20/h6-7,9-10,13,18-19H,2-5,14H2,1H3,(H2,15,20)/t7-,9-,10-,13-/m1/s1. The van der Waals surface area contributed by atoms with Crippen LogP contribution in [0.2, 0.25) is 0 Å². The molecule has 0 aromatic carbocycles. The summed E-state index contributed by atoms with van der Waals surface area (Å²) in [5, 5.41) is 19.8. The van der Waals surface area contributed by atoms with Gasteiger partial charge in [0.1, 0.15) is 24.1 Å². The number of rotatable bonds is 7. The molecule has 1 aliphatic heterocycles. The Morgan fingerprint density at radius 2 is 2.32 bits per heavy atom. The molecular formula is C13H22N4O5. The highest BCUT2D eigenvalue weighted by Crippen LogP contribution is 2.33. The number of anilines is 1. The number of hydrogen-bond acceptors (Lipinski definition) is 7. The summed E-state index contributed by atoms with van der Waals surface area (Å²) >= 11 is 0. The van der Waals surface area contributed by atoms with Crippen molar-refractivity contribution in [3.8, 4) is 0 Å². The van der Waals surface area contributed by atoms with Crippen LogP contribution in [0.15, 0.2) is 6.33 Å². The number of primary amides is 1. The van der Waals surface area contributed by atoms with E-state index in [-0.39, 0.29) is 18.1 Å². The van der Waals surface area contributed by atoms with Crippen molar-refractivity contribution in [2.45, 2.75) is 44.3 Å². The van der Waals surface area contributed by atoms with Gasteiger partial charge in [0.15, 0.2) is 11.9 Å². The fourth-order valence-corrected chi connectivity index (χ4v) is 2.43. The molecule has 0 saturated carbocycles. The summed E-state index contributed by atoms with van der Waals surface area (Å²) in [5.41, 5.74) is 10.9. The van der Waals surface area contributed by atoms with Crippen molar-refractivity contribution in [2.75, 3.05) is 18.9 Å². The van der Waals surface area contributed by atoms with E-state index >= 15 is 0 Å². The fraction of sp³-hybridized carbons (Fsp3) is 0.692. The number of aromatic nitrogens is 2. The van der Waals surface area contributed by atoms with Gasteiger partial charge >= 0.3 is 0 Å². The zero-order valence-corrected chi connectivity index (χ0v) is 12.4. The molecule has 4 atom stereocenters. The van der Waals surface area contributed by atoms with Gasteiger partial charge in [-0.1, -0.05) is 13.3 Å². The molecule has 0 unspecified atom stereocenters. The van der Waals surface area contributed by atoms with E-state index in [1.54, 1.807) is 0 Å². The fourth-order valence-electron chi connectivity index (χ4n) is 2.43. The van der Waals surface area contributed by atoms with E-state index in [1.165, 1.54) is 10.9 Å². The monoisotopic (exact) mass is 314 g/mol. The second-order valence-electron chi connectivity index (χ2n) is 5.18. The Morgan fingerprint density at radius 1 is 1.59 bits per heavy atom. The summed E-state index contributed by atoms with van der Waals surface area (Å²) in [4.78, 5) is 15.0. The Balaban J connectivity index is 2.17. The summed E-state index contributed by atoms with van der Waals surface area (Å²) < 4.78 is 12.5. The first-order chi connectivity index (χ1) is 10.5. The first-order valence-electron chi connectivity index (χ1n) is 7.19. The summed E-state index contributed by atoms with van der Waals surface area (Å²) in [6.07, 6.45) is -0.253. The van der Waals surface area contributed by atoms with Crippen molar-refractivity contribution >= 4 is 11.7 Å². The number of imidazole rings is 1. The molecule has 0 radical (unpaired) electrons. The van der Waals surface area contributed by atoms with E-state index < -0.39 is 30.4 Å². The second-order valence-corrected chi connectivity index (χ2v) is 5.18. The summed E-state index contributed by atoms with van der Waals surface area (Å²) in [5.74, 6) is -0.763. The third-order valence-electron chi connectivity index (χ3n) is 3.64. The summed E-state index contributed by atoms with van der Waals surface area (Å²) in [6, 6.07) is 0. The van der Waals surface area contributed by atoms with E-state index in [1.807, 2.05) is 6.92 Å². The van der Waals surface area contributed by atoms with Crippen molar-refractivity contribution < 1.29 is 24.5 Å². The lowest BCUT2D eigenvalue weighted by Gasteiger charge is -2.20. The van der Waals surface area contributed by atoms with E-state index in [0.717, 1.165) is 12.8 Å². The molecule has 2 rings (SSSR count). The van der Waals surface area contributed by atoms with Gasteiger partial charge in [-0.05, 0) is 6.42 Å². The van der Waals surface area contributed by atoms with Crippen molar-refractivity contribution in [1.29, 1.82) is 0 Å². The van der Waals surface area contributed by atoms with Gasteiger partial charge < -0.3 is 31.2 Å². The lowest BCUT2D eigenvalue weighted by molar-refractivity contribution is -0.0610. The molecule has 6 N–H and O–H groups in total. The number of nitrogens with zero attached hydrogens (tertiary/aromatic N) is 2. The highest BCUT2D eigenvalue weighted by Gasteiger charge is 2.45. The molecule has 1 fully saturated rings. The Morgan fingerprint density at radius 3 is 2.86 bits per heavy atom. The molecule has 2 heterocycles. The van der Waals surface area contributed by atoms with Crippen LogP contribution in [0.1, 0.15) is 36.5 Å². The van der Waals surface area contributed by atoms with E-state index in [4.69, 9.17) is 20.9 Å². The molecule has 0 aliphatic carbocycles. The van der Waals surface area contributed by atoms with Crippen LogP contribution in [0, 0.1) is 0 Å². The Hall–Kier alpha value is -1.68. The van der Waals surface area contributed by atoms with Gasteiger partial charge in [-0.25, -0.2) is 4.98 Å². The van der Waals surface area contributed by atoms with Crippen LogP contribution in [-0.2, 0) is 9.47 Å². The molecule has 0 spiro atoms. The number of carbonyl (C=O) groups excluding carboxylic acids is 1. The minimum atomic E-state index is -1.05. The van der Waals surface area contributed by atoms with Gasteiger partial charge in [-0.2, -0.15) is 0 Å². The van der Waals surface area contributed by atoms with Crippen molar-refractivity contribution in [3.05, 3.63) is 12.0 Å². The van der Waals surface area contributed by atoms with E-state index in [9.17, 15) is 15.0 Å². The molecule has 1 aliphatic rings. The zero-order chi connectivity index (χ0) is 16.3. The highest BCUT2D eigenvalue weighted by atomic mass is 16.6. The Bertz CT molecular complexity index is 521. The van der Waals surface area contributed by atoms with E-state index in [2.05, 4.69) is 4.98 Å². The minimum Gasteiger partial charge on any atom is -0.394 e. The number of nitrogens with two attached hydrogens (primary N) is 2. The third-order valence-corrected chi connectivity index (χ3v) is 3.64. The molecule has 1 amide bonds. The maximum atomic E-state index is 11.2. The molecule has 1 aromatic heterocycles. The number of carbonyl (C=O) groups is 1. The minimum absolute atomic E-state index is 0.00227. The Kier molecular flexibility index (Phi) is 5.35. The maximum absolute atomic E-state index is 11.2. The van der Waals surface area contributed by atoms with Crippen LogP contribution in [-0.4, -0.2) is 57.2 Å². The highest BCUT2D eigenvalue weighted by molar-refractivity contribution is 5.95. The molecule has 9 nitrogen and oxygen atoms in total. The first kappa shape index (κ1) is 16.7. The van der Waals surface area contributed by atoms with Gasteiger partial charge in [0.2, 0.25) is 0 Å². The lowest BCUT2D eigenvalue weighted by Crippen LogP contribution is -2.36. The number of ether oxygens (including phenoxy) is 2. The molecule has 124 valence electrons. The predicted octanol–water partition coefficient (Wildman–Crippen LogP) is -1.000. The third kappa shape index (κ3) is 3.07. The van der Waals surface area contributed by atoms with Crippen LogP contribution in [0.5, 0.6) is 0 Å². The smallest absolute Gasteiger partial charge is 0.271 e. The number of hydrogen-bond donors (Lipinski definition) is 4. The van der Waals surface area contributed by atoms with Crippen molar-refractivity contribution in [2.24, 2.45) is 5.73 Å². The number of aliphatic hydroxyl groups excluding tert-OH is 2. The van der Waals surface area contributed by atoms with Gasteiger partial charge in [-0.3, -0.25) is 9.36 Å². The quantitative estimate of drug-likeness (QED) is 0.472. The van der Waals surface area contributed by atoms with Crippen LogP contribution >= 0.6 is 0 Å².